The van der Waals surface area contributed by atoms with Crippen molar-refractivity contribution in [1.29, 1.82) is 0 Å². The number of pyridine rings is 1. The number of piperazine rings is 1. The van der Waals surface area contributed by atoms with Crippen LogP contribution in [-0.4, -0.2) is 69.2 Å². The minimum absolute atomic E-state index is 0.103. The number of aromatic nitrogens is 1. The number of carbonyl (C=O) groups is 1. The SMILES string of the molecule is CN(C)CCCNC(=O)c1ccc(N2CCN(c3ccccc3)CC2)cn1. The highest BCUT2D eigenvalue weighted by atomic mass is 16.1. The van der Waals surface area contributed by atoms with Crippen molar-refractivity contribution in [3.63, 3.8) is 0 Å². The van der Waals surface area contributed by atoms with Gasteiger partial charge in [0.05, 0.1) is 11.9 Å². The summed E-state index contributed by atoms with van der Waals surface area (Å²) in [4.78, 5) is 23.4. The molecule has 1 saturated heterocycles. The standard InChI is InChI=1S/C21H29N5O/c1-24(2)12-6-11-22-21(27)20-10-9-19(17-23-20)26-15-13-25(14-16-26)18-7-4-3-5-8-18/h3-5,7-10,17H,6,11-16H2,1-2H3,(H,22,27). The lowest BCUT2D eigenvalue weighted by Gasteiger charge is -2.37. The van der Waals surface area contributed by atoms with Crippen LogP contribution < -0.4 is 15.1 Å². The summed E-state index contributed by atoms with van der Waals surface area (Å²) < 4.78 is 0. The number of hydrogen-bond donors (Lipinski definition) is 1. The van der Waals surface area contributed by atoms with E-state index in [1.165, 1.54) is 5.69 Å². The molecule has 0 aliphatic carbocycles. The quantitative estimate of drug-likeness (QED) is 0.760. The molecule has 1 N–H and O–H groups in total. The van der Waals surface area contributed by atoms with Crippen LogP contribution in [0.3, 0.4) is 0 Å². The predicted octanol–water partition coefficient (Wildman–Crippen LogP) is 2.09. The van der Waals surface area contributed by atoms with Gasteiger partial charge >= 0.3 is 0 Å². The molecule has 1 fully saturated rings. The van der Waals surface area contributed by atoms with E-state index < -0.39 is 0 Å². The van der Waals surface area contributed by atoms with Crippen LogP contribution in [0, 0.1) is 0 Å². The third-order valence-electron chi connectivity index (χ3n) is 4.81. The maximum absolute atomic E-state index is 12.2. The molecule has 1 aliphatic rings. The van der Waals surface area contributed by atoms with Crippen molar-refractivity contribution in [1.82, 2.24) is 15.2 Å². The molecule has 0 spiro atoms. The van der Waals surface area contributed by atoms with Gasteiger partial charge in [-0.1, -0.05) is 18.2 Å². The summed E-state index contributed by atoms with van der Waals surface area (Å²) in [6, 6.07) is 14.3. The summed E-state index contributed by atoms with van der Waals surface area (Å²) in [7, 11) is 4.06. The van der Waals surface area contributed by atoms with Crippen LogP contribution >= 0.6 is 0 Å². The number of hydrogen-bond acceptors (Lipinski definition) is 5. The third kappa shape index (κ3) is 5.44. The van der Waals surface area contributed by atoms with E-state index in [-0.39, 0.29) is 5.91 Å². The summed E-state index contributed by atoms with van der Waals surface area (Å²) >= 11 is 0. The maximum atomic E-state index is 12.2. The van der Waals surface area contributed by atoms with Gasteiger partial charge in [-0.2, -0.15) is 0 Å². The molecule has 1 aromatic heterocycles. The van der Waals surface area contributed by atoms with E-state index in [2.05, 4.69) is 49.3 Å². The van der Waals surface area contributed by atoms with E-state index in [1.807, 2.05) is 38.5 Å². The van der Waals surface area contributed by atoms with E-state index in [0.717, 1.165) is 44.8 Å². The van der Waals surface area contributed by atoms with E-state index in [4.69, 9.17) is 0 Å². The summed E-state index contributed by atoms with van der Waals surface area (Å²) in [5.41, 5.74) is 2.83. The van der Waals surface area contributed by atoms with Crippen molar-refractivity contribution >= 4 is 17.3 Å². The smallest absolute Gasteiger partial charge is 0.269 e. The van der Waals surface area contributed by atoms with Gasteiger partial charge < -0.3 is 20.0 Å². The fourth-order valence-corrected chi connectivity index (χ4v) is 3.26. The van der Waals surface area contributed by atoms with Crippen molar-refractivity contribution < 1.29 is 4.79 Å². The van der Waals surface area contributed by atoms with Gasteiger partial charge in [0.25, 0.3) is 5.91 Å². The molecule has 2 heterocycles. The average Bonchev–Trinajstić information content (AvgIpc) is 2.72. The molecule has 2 aromatic rings. The fraction of sp³-hybridized carbons (Fsp3) is 0.429. The first-order valence-corrected chi connectivity index (χ1v) is 9.57. The number of nitrogens with zero attached hydrogens (tertiary/aromatic N) is 4. The first-order valence-electron chi connectivity index (χ1n) is 9.57. The molecule has 3 rings (SSSR count). The van der Waals surface area contributed by atoms with Crippen LogP contribution in [0.4, 0.5) is 11.4 Å². The Labute approximate surface area is 161 Å². The molecular weight excluding hydrogens is 338 g/mol. The number of anilines is 2. The van der Waals surface area contributed by atoms with Gasteiger partial charge in [-0.25, -0.2) is 4.98 Å². The third-order valence-corrected chi connectivity index (χ3v) is 4.81. The van der Waals surface area contributed by atoms with Crippen molar-refractivity contribution in [3.8, 4) is 0 Å². The van der Waals surface area contributed by atoms with Gasteiger partial charge in [-0.3, -0.25) is 4.79 Å². The molecular formula is C21H29N5O. The fourth-order valence-electron chi connectivity index (χ4n) is 3.26. The maximum Gasteiger partial charge on any atom is 0.269 e. The molecule has 6 heteroatoms. The van der Waals surface area contributed by atoms with Gasteiger partial charge in [0, 0.05) is 38.4 Å². The lowest BCUT2D eigenvalue weighted by atomic mass is 10.2. The Morgan fingerprint density at radius 2 is 1.67 bits per heavy atom. The topological polar surface area (TPSA) is 51.7 Å². The van der Waals surface area contributed by atoms with Crippen LogP contribution in [-0.2, 0) is 0 Å². The summed E-state index contributed by atoms with van der Waals surface area (Å²) in [5, 5.41) is 2.93. The first-order chi connectivity index (χ1) is 13.1. The zero-order chi connectivity index (χ0) is 19.1. The van der Waals surface area contributed by atoms with Crippen LogP contribution in [0.5, 0.6) is 0 Å². The van der Waals surface area contributed by atoms with Crippen LogP contribution in [0.25, 0.3) is 0 Å². The second kappa shape index (κ2) is 9.37. The molecule has 27 heavy (non-hydrogen) atoms. The largest absolute Gasteiger partial charge is 0.368 e. The Morgan fingerprint density at radius 3 is 2.26 bits per heavy atom. The molecule has 0 unspecified atom stereocenters. The molecule has 1 aliphatic heterocycles. The Bertz CT molecular complexity index is 709. The zero-order valence-corrected chi connectivity index (χ0v) is 16.3. The van der Waals surface area contributed by atoms with Crippen molar-refractivity contribution in [2.45, 2.75) is 6.42 Å². The Hall–Kier alpha value is -2.60. The molecule has 0 saturated carbocycles. The van der Waals surface area contributed by atoms with Crippen LogP contribution in [0.1, 0.15) is 16.9 Å². The minimum Gasteiger partial charge on any atom is -0.368 e. The Balaban J connectivity index is 1.48. The van der Waals surface area contributed by atoms with Gasteiger partial charge in [0.2, 0.25) is 0 Å². The van der Waals surface area contributed by atoms with E-state index in [9.17, 15) is 4.79 Å². The first kappa shape index (κ1) is 19.2. The van der Waals surface area contributed by atoms with Gasteiger partial charge in [0.1, 0.15) is 5.69 Å². The van der Waals surface area contributed by atoms with Gasteiger partial charge in [-0.05, 0) is 51.3 Å². The van der Waals surface area contributed by atoms with Gasteiger partial charge in [-0.15, -0.1) is 0 Å². The normalized spacial score (nSPS) is 14.5. The van der Waals surface area contributed by atoms with Gasteiger partial charge in [0.15, 0.2) is 0 Å². The predicted molar refractivity (Wildman–Crippen MR) is 111 cm³/mol. The lowest BCUT2D eigenvalue weighted by molar-refractivity contribution is 0.0947. The average molecular weight is 367 g/mol. The second-order valence-corrected chi connectivity index (χ2v) is 7.12. The van der Waals surface area contributed by atoms with Crippen molar-refractivity contribution in [2.75, 3.05) is 63.2 Å². The van der Waals surface area contributed by atoms with E-state index in [0.29, 0.717) is 12.2 Å². The van der Waals surface area contributed by atoms with Crippen LogP contribution in [0.15, 0.2) is 48.7 Å². The monoisotopic (exact) mass is 367 g/mol. The van der Waals surface area contributed by atoms with Crippen molar-refractivity contribution in [3.05, 3.63) is 54.4 Å². The number of carbonyl (C=O) groups excluding carboxylic acids is 1. The molecule has 144 valence electrons. The highest BCUT2D eigenvalue weighted by Crippen LogP contribution is 2.19. The van der Waals surface area contributed by atoms with E-state index >= 15 is 0 Å². The highest BCUT2D eigenvalue weighted by Gasteiger charge is 2.18. The molecule has 6 nitrogen and oxygen atoms in total. The summed E-state index contributed by atoms with van der Waals surface area (Å²) in [5.74, 6) is -0.103. The Morgan fingerprint density at radius 1 is 1.00 bits per heavy atom. The zero-order valence-electron chi connectivity index (χ0n) is 16.3. The number of nitrogens with one attached hydrogen (secondary N) is 1. The number of rotatable bonds is 7. The molecule has 0 bridgehead atoms. The lowest BCUT2D eigenvalue weighted by Crippen LogP contribution is -2.46. The Kier molecular flexibility index (Phi) is 6.65. The summed E-state index contributed by atoms with van der Waals surface area (Å²) in [6.07, 6.45) is 2.75. The molecule has 1 aromatic carbocycles. The van der Waals surface area contributed by atoms with Crippen LogP contribution in [0.2, 0.25) is 0 Å². The molecule has 0 atom stereocenters. The second-order valence-electron chi connectivity index (χ2n) is 7.12. The highest BCUT2D eigenvalue weighted by molar-refractivity contribution is 5.92. The molecule has 0 radical (unpaired) electrons. The van der Waals surface area contributed by atoms with Crippen molar-refractivity contribution in [2.24, 2.45) is 0 Å². The minimum atomic E-state index is -0.103. The number of benzene rings is 1. The number of para-hydroxylation sites is 1. The molecule has 1 amide bonds. The van der Waals surface area contributed by atoms with E-state index in [1.54, 1.807) is 0 Å². The summed E-state index contributed by atoms with van der Waals surface area (Å²) in [6.45, 7) is 5.50. The number of amides is 1.